The van der Waals surface area contributed by atoms with Gasteiger partial charge < -0.3 is 9.64 Å². The Hall–Kier alpha value is -2.66. The van der Waals surface area contributed by atoms with Crippen LogP contribution in [0.3, 0.4) is 0 Å². The van der Waals surface area contributed by atoms with E-state index < -0.39 is 12.1 Å². The normalized spacial score (nSPS) is 11.9. The van der Waals surface area contributed by atoms with E-state index in [1.54, 1.807) is 17.9 Å². The Balaban J connectivity index is 1.73. The number of rotatable bonds is 5. The maximum atomic E-state index is 12.7. The summed E-state index contributed by atoms with van der Waals surface area (Å²) in [4.78, 5) is 27.2. The molecular weight excluding hydrogens is 334 g/mol. The quantitative estimate of drug-likeness (QED) is 0.635. The summed E-state index contributed by atoms with van der Waals surface area (Å²) >= 11 is 1.37. The number of fused-ring (bicyclic) bond motifs is 1. The molecule has 1 atom stereocenters. The third kappa shape index (κ3) is 3.72. The van der Waals surface area contributed by atoms with E-state index >= 15 is 0 Å². The average molecular weight is 353 g/mol. The van der Waals surface area contributed by atoms with E-state index in [1.165, 1.54) is 11.3 Å². The predicted octanol–water partition coefficient (Wildman–Crippen LogP) is 4.50. The molecule has 0 radical (unpaired) electrons. The van der Waals surface area contributed by atoms with Gasteiger partial charge in [-0.1, -0.05) is 36.4 Å². The highest BCUT2D eigenvalue weighted by Crippen LogP contribution is 2.26. The summed E-state index contributed by atoms with van der Waals surface area (Å²) in [6.45, 7) is 4.01. The lowest BCUT2D eigenvalue weighted by Gasteiger charge is -2.24. The molecule has 4 nitrogen and oxygen atoms in total. The van der Waals surface area contributed by atoms with Crippen molar-refractivity contribution in [2.75, 3.05) is 11.4 Å². The Kier molecular flexibility index (Phi) is 5.14. The monoisotopic (exact) mass is 353 g/mol. The maximum Gasteiger partial charge on any atom is 0.349 e. The fourth-order valence-corrected chi connectivity index (χ4v) is 3.59. The SMILES string of the molecule is CCN(C(=O)[C@@H](C)OC(=O)c1cc2ccccc2s1)c1ccccc1. The molecule has 1 amide bonds. The molecule has 3 rings (SSSR count). The number of hydrogen-bond donors (Lipinski definition) is 0. The molecule has 5 heteroatoms. The number of ether oxygens (including phenoxy) is 1. The van der Waals surface area contributed by atoms with Crippen LogP contribution in [-0.4, -0.2) is 24.5 Å². The summed E-state index contributed by atoms with van der Waals surface area (Å²) in [5, 5.41) is 0.998. The van der Waals surface area contributed by atoms with Crippen molar-refractivity contribution < 1.29 is 14.3 Å². The third-order valence-electron chi connectivity index (χ3n) is 3.91. The number of amides is 1. The smallest absolute Gasteiger partial charge is 0.349 e. The van der Waals surface area contributed by atoms with Gasteiger partial charge in [-0.05, 0) is 43.5 Å². The van der Waals surface area contributed by atoms with Crippen molar-refractivity contribution in [3.63, 3.8) is 0 Å². The van der Waals surface area contributed by atoms with Crippen LogP contribution in [0.25, 0.3) is 10.1 Å². The lowest BCUT2D eigenvalue weighted by atomic mass is 10.2. The summed E-state index contributed by atoms with van der Waals surface area (Å²) < 4.78 is 6.43. The minimum atomic E-state index is -0.849. The predicted molar refractivity (Wildman–Crippen MR) is 101 cm³/mol. The topological polar surface area (TPSA) is 46.6 Å². The Morgan fingerprint density at radius 1 is 1.08 bits per heavy atom. The van der Waals surface area contributed by atoms with Crippen molar-refractivity contribution in [3.05, 3.63) is 65.5 Å². The highest BCUT2D eigenvalue weighted by Gasteiger charge is 2.25. The Bertz CT molecular complexity index is 855. The molecule has 0 unspecified atom stereocenters. The second-order valence-electron chi connectivity index (χ2n) is 5.61. The van der Waals surface area contributed by atoms with Gasteiger partial charge in [0, 0.05) is 16.9 Å². The van der Waals surface area contributed by atoms with Gasteiger partial charge in [0.1, 0.15) is 4.88 Å². The molecule has 0 fully saturated rings. The van der Waals surface area contributed by atoms with Crippen LogP contribution in [0, 0.1) is 0 Å². The molecular formula is C20H19NO3S. The number of para-hydroxylation sites is 1. The summed E-state index contributed by atoms with van der Waals surface area (Å²) in [7, 11) is 0. The number of hydrogen-bond acceptors (Lipinski definition) is 4. The standard InChI is InChI=1S/C20H19NO3S/c1-3-21(16-10-5-4-6-11-16)19(22)14(2)24-20(23)18-13-15-9-7-8-12-17(15)25-18/h4-14H,3H2,1-2H3/t14-/m1/s1. The summed E-state index contributed by atoms with van der Waals surface area (Å²) in [6.07, 6.45) is -0.849. The number of anilines is 1. The van der Waals surface area contributed by atoms with Gasteiger partial charge in [0.15, 0.2) is 6.10 Å². The zero-order chi connectivity index (χ0) is 17.8. The van der Waals surface area contributed by atoms with Crippen LogP contribution in [0.1, 0.15) is 23.5 Å². The lowest BCUT2D eigenvalue weighted by molar-refractivity contribution is -0.126. The lowest BCUT2D eigenvalue weighted by Crippen LogP contribution is -2.40. The van der Waals surface area contributed by atoms with Crippen LogP contribution in [0.4, 0.5) is 5.69 Å². The van der Waals surface area contributed by atoms with Gasteiger partial charge in [-0.2, -0.15) is 0 Å². The molecule has 0 saturated heterocycles. The first kappa shape index (κ1) is 17.2. The number of benzene rings is 2. The first-order chi connectivity index (χ1) is 12.1. The molecule has 0 bridgehead atoms. The molecule has 0 aliphatic rings. The maximum absolute atomic E-state index is 12.7. The molecule has 0 aliphatic heterocycles. The zero-order valence-corrected chi connectivity index (χ0v) is 15.0. The fraction of sp³-hybridized carbons (Fsp3) is 0.200. The van der Waals surface area contributed by atoms with Crippen LogP contribution >= 0.6 is 11.3 Å². The third-order valence-corrected chi connectivity index (χ3v) is 5.00. The van der Waals surface area contributed by atoms with Gasteiger partial charge in [-0.25, -0.2) is 4.79 Å². The second-order valence-corrected chi connectivity index (χ2v) is 6.70. The average Bonchev–Trinajstić information content (AvgIpc) is 3.07. The fourth-order valence-electron chi connectivity index (χ4n) is 2.64. The minimum Gasteiger partial charge on any atom is -0.448 e. The van der Waals surface area contributed by atoms with E-state index in [2.05, 4.69) is 0 Å². The van der Waals surface area contributed by atoms with E-state index in [9.17, 15) is 9.59 Å². The molecule has 0 aliphatic carbocycles. The molecule has 3 aromatic rings. The zero-order valence-electron chi connectivity index (χ0n) is 14.1. The number of carbonyl (C=O) groups is 2. The Labute approximate surface area is 150 Å². The second kappa shape index (κ2) is 7.49. The van der Waals surface area contributed by atoms with Gasteiger partial charge in [0.25, 0.3) is 5.91 Å². The molecule has 0 N–H and O–H groups in total. The highest BCUT2D eigenvalue weighted by atomic mass is 32.1. The van der Waals surface area contributed by atoms with Crippen LogP contribution < -0.4 is 4.90 Å². The molecule has 2 aromatic carbocycles. The van der Waals surface area contributed by atoms with Gasteiger partial charge in [-0.3, -0.25) is 4.79 Å². The van der Waals surface area contributed by atoms with Gasteiger partial charge in [0.05, 0.1) is 0 Å². The number of carbonyl (C=O) groups excluding carboxylic acids is 2. The van der Waals surface area contributed by atoms with E-state index in [0.717, 1.165) is 15.8 Å². The van der Waals surface area contributed by atoms with Crippen molar-refractivity contribution >= 4 is 39.0 Å². The van der Waals surface area contributed by atoms with Crippen LogP contribution in [-0.2, 0) is 9.53 Å². The minimum absolute atomic E-state index is 0.233. The van der Waals surface area contributed by atoms with E-state index in [4.69, 9.17) is 4.74 Å². The summed E-state index contributed by atoms with van der Waals surface area (Å²) in [5.74, 6) is -0.700. The summed E-state index contributed by atoms with van der Waals surface area (Å²) in [6, 6.07) is 18.9. The van der Waals surface area contributed by atoms with Crippen molar-refractivity contribution in [3.8, 4) is 0 Å². The number of nitrogens with zero attached hydrogens (tertiary/aromatic N) is 1. The number of likely N-dealkylation sites (N-methyl/N-ethyl adjacent to an activating group) is 1. The molecule has 1 aromatic heterocycles. The highest BCUT2D eigenvalue weighted by molar-refractivity contribution is 7.20. The van der Waals surface area contributed by atoms with Crippen molar-refractivity contribution in [2.24, 2.45) is 0 Å². The largest absolute Gasteiger partial charge is 0.448 e. The van der Waals surface area contributed by atoms with Crippen LogP contribution in [0.5, 0.6) is 0 Å². The van der Waals surface area contributed by atoms with E-state index in [1.807, 2.05) is 61.5 Å². The Morgan fingerprint density at radius 2 is 1.76 bits per heavy atom. The van der Waals surface area contributed by atoms with Crippen LogP contribution in [0.15, 0.2) is 60.7 Å². The van der Waals surface area contributed by atoms with Crippen molar-refractivity contribution in [1.29, 1.82) is 0 Å². The van der Waals surface area contributed by atoms with Gasteiger partial charge >= 0.3 is 5.97 Å². The Morgan fingerprint density at radius 3 is 2.44 bits per heavy atom. The first-order valence-electron chi connectivity index (χ1n) is 8.16. The molecule has 1 heterocycles. The first-order valence-corrected chi connectivity index (χ1v) is 8.97. The number of esters is 1. The van der Waals surface area contributed by atoms with Crippen molar-refractivity contribution in [1.82, 2.24) is 0 Å². The molecule has 0 saturated carbocycles. The van der Waals surface area contributed by atoms with Crippen molar-refractivity contribution in [2.45, 2.75) is 20.0 Å². The molecule has 25 heavy (non-hydrogen) atoms. The molecule has 0 spiro atoms. The van der Waals surface area contributed by atoms with Crippen LogP contribution in [0.2, 0.25) is 0 Å². The van der Waals surface area contributed by atoms with E-state index in [-0.39, 0.29) is 5.91 Å². The number of thiophene rings is 1. The summed E-state index contributed by atoms with van der Waals surface area (Å²) in [5.41, 5.74) is 0.791. The molecule has 128 valence electrons. The van der Waals surface area contributed by atoms with Gasteiger partial charge in [0.2, 0.25) is 0 Å². The van der Waals surface area contributed by atoms with E-state index in [0.29, 0.717) is 11.4 Å². The van der Waals surface area contributed by atoms with Gasteiger partial charge in [-0.15, -0.1) is 11.3 Å².